The maximum atomic E-state index is 12.9. The summed E-state index contributed by atoms with van der Waals surface area (Å²) in [4.78, 5) is 40.8. The zero-order valence-corrected chi connectivity index (χ0v) is 15.2. The summed E-state index contributed by atoms with van der Waals surface area (Å²) in [6.07, 6.45) is 1.33. The third kappa shape index (κ3) is 3.38. The molecule has 3 amide bonds. The summed E-state index contributed by atoms with van der Waals surface area (Å²) in [5.74, 6) is -0.869. The van der Waals surface area contributed by atoms with Crippen molar-refractivity contribution in [3.05, 3.63) is 35.9 Å². The summed E-state index contributed by atoms with van der Waals surface area (Å²) < 4.78 is 4.98. The zero-order valence-electron chi connectivity index (χ0n) is 15.2. The third-order valence-corrected chi connectivity index (χ3v) is 5.10. The molecule has 0 aromatic heterocycles. The van der Waals surface area contributed by atoms with E-state index >= 15 is 0 Å². The average molecular weight is 359 g/mol. The standard InChI is InChI=1S/C19H25N3O4/c1-3-9-20-19(25)21-11-14-10-15(18(24)26-2)17(22(14)16(23)12-21)13-7-5-4-6-8-13/h4-8,14-15,17H,3,9-12H2,1-2H3,(H,20,25)/t14-,15-,17-/m0/s1. The number of piperazine rings is 1. The molecule has 3 rings (SSSR count). The third-order valence-electron chi connectivity index (χ3n) is 5.10. The quantitative estimate of drug-likeness (QED) is 0.828. The molecule has 2 fully saturated rings. The zero-order chi connectivity index (χ0) is 18.7. The van der Waals surface area contributed by atoms with Crippen LogP contribution in [0.3, 0.4) is 0 Å². The van der Waals surface area contributed by atoms with E-state index in [1.807, 2.05) is 37.3 Å². The number of nitrogens with zero attached hydrogens (tertiary/aromatic N) is 2. The lowest BCUT2D eigenvalue weighted by Crippen LogP contribution is -2.57. The molecule has 1 aromatic rings. The van der Waals surface area contributed by atoms with Gasteiger partial charge in [-0.3, -0.25) is 9.59 Å². The Balaban J connectivity index is 1.85. The van der Waals surface area contributed by atoms with E-state index in [-0.39, 0.29) is 36.5 Å². The van der Waals surface area contributed by atoms with Gasteiger partial charge in [-0.15, -0.1) is 0 Å². The second-order valence-electron chi connectivity index (χ2n) is 6.79. The van der Waals surface area contributed by atoms with Gasteiger partial charge in [-0.1, -0.05) is 37.3 Å². The molecule has 3 atom stereocenters. The number of rotatable bonds is 4. The molecule has 7 nitrogen and oxygen atoms in total. The number of carbonyl (C=O) groups is 3. The lowest BCUT2D eigenvalue weighted by atomic mass is 9.93. The molecule has 2 heterocycles. The first kappa shape index (κ1) is 18.2. The van der Waals surface area contributed by atoms with Gasteiger partial charge < -0.3 is 19.9 Å². The Morgan fingerprint density at radius 2 is 2.00 bits per heavy atom. The topological polar surface area (TPSA) is 79.0 Å². The van der Waals surface area contributed by atoms with Crippen molar-refractivity contribution in [1.29, 1.82) is 0 Å². The van der Waals surface area contributed by atoms with E-state index in [2.05, 4.69) is 5.32 Å². The predicted molar refractivity (Wildman–Crippen MR) is 95.2 cm³/mol. The Hall–Kier alpha value is -2.57. The molecular weight excluding hydrogens is 334 g/mol. The van der Waals surface area contributed by atoms with Crippen molar-refractivity contribution >= 4 is 17.9 Å². The smallest absolute Gasteiger partial charge is 0.317 e. The Bertz CT molecular complexity index is 679. The van der Waals surface area contributed by atoms with Gasteiger partial charge in [0.25, 0.3) is 0 Å². The van der Waals surface area contributed by atoms with Gasteiger partial charge >= 0.3 is 12.0 Å². The first-order valence-corrected chi connectivity index (χ1v) is 9.03. The maximum Gasteiger partial charge on any atom is 0.317 e. The number of hydrogen-bond donors (Lipinski definition) is 1. The van der Waals surface area contributed by atoms with E-state index in [0.29, 0.717) is 19.5 Å². The number of methoxy groups -OCH3 is 1. The molecule has 26 heavy (non-hydrogen) atoms. The fourth-order valence-electron chi connectivity index (χ4n) is 3.96. The van der Waals surface area contributed by atoms with Crippen LogP contribution in [0.15, 0.2) is 30.3 Å². The van der Waals surface area contributed by atoms with Crippen molar-refractivity contribution in [2.24, 2.45) is 5.92 Å². The number of fused-ring (bicyclic) bond motifs is 1. The van der Waals surface area contributed by atoms with Crippen LogP contribution in [0.25, 0.3) is 0 Å². The van der Waals surface area contributed by atoms with Crippen molar-refractivity contribution in [2.45, 2.75) is 31.8 Å². The van der Waals surface area contributed by atoms with E-state index in [9.17, 15) is 14.4 Å². The molecule has 0 radical (unpaired) electrons. The van der Waals surface area contributed by atoms with Gasteiger partial charge in [-0.05, 0) is 18.4 Å². The second kappa shape index (κ2) is 7.76. The predicted octanol–water partition coefficient (Wildman–Crippen LogP) is 1.55. The minimum atomic E-state index is -0.421. The molecule has 1 aromatic carbocycles. The van der Waals surface area contributed by atoms with Gasteiger partial charge in [0.15, 0.2) is 0 Å². The molecular formula is C19H25N3O4. The Morgan fingerprint density at radius 3 is 2.65 bits per heavy atom. The van der Waals surface area contributed by atoms with Crippen LogP contribution >= 0.6 is 0 Å². The van der Waals surface area contributed by atoms with Crippen LogP contribution in [0.5, 0.6) is 0 Å². The van der Waals surface area contributed by atoms with Crippen LogP contribution in [0.4, 0.5) is 4.79 Å². The highest BCUT2D eigenvalue weighted by Crippen LogP contribution is 2.43. The van der Waals surface area contributed by atoms with E-state index < -0.39 is 5.92 Å². The Labute approximate surface area is 153 Å². The van der Waals surface area contributed by atoms with Gasteiger partial charge in [0.05, 0.1) is 25.1 Å². The molecule has 7 heteroatoms. The fraction of sp³-hybridized carbons (Fsp3) is 0.526. The highest BCUT2D eigenvalue weighted by Gasteiger charge is 2.51. The Morgan fingerprint density at radius 1 is 1.27 bits per heavy atom. The monoisotopic (exact) mass is 359 g/mol. The van der Waals surface area contributed by atoms with Crippen molar-refractivity contribution < 1.29 is 19.1 Å². The van der Waals surface area contributed by atoms with Gasteiger partial charge in [-0.25, -0.2) is 4.79 Å². The number of esters is 1. The number of carbonyl (C=O) groups excluding carboxylic acids is 3. The lowest BCUT2D eigenvalue weighted by molar-refractivity contribution is -0.147. The Kier molecular flexibility index (Phi) is 5.44. The van der Waals surface area contributed by atoms with Crippen molar-refractivity contribution in [3.8, 4) is 0 Å². The molecule has 0 spiro atoms. The lowest BCUT2D eigenvalue weighted by Gasteiger charge is -2.40. The molecule has 1 N–H and O–H groups in total. The largest absolute Gasteiger partial charge is 0.469 e. The molecule has 140 valence electrons. The molecule has 2 aliphatic heterocycles. The maximum absolute atomic E-state index is 12.9. The van der Waals surface area contributed by atoms with Gasteiger partial charge in [0.1, 0.15) is 6.54 Å². The van der Waals surface area contributed by atoms with Crippen LogP contribution in [0.1, 0.15) is 31.4 Å². The van der Waals surface area contributed by atoms with Gasteiger partial charge in [-0.2, -0.15) is 0 Å². The van der Waals surface area contributed by atoms with E-state index in [1.54, 1.807) is 9.80 Å². The van der Waals surface area contributed by atoms with Crippen LogP contribution in [-0.4, -0.2) is 60.5 Å². The van der Waals surface area contributed by atoms with Gasteiger partial charge in [0, 0.05) is 13.1 Å². The number of benzene rings is 1. The molecule has 0 unspecified atom stereocenters. The van der Waals surface area contributed by atoms with E-state index in [4.69, 9.17) is 4.74 Å². The van der Waals surface area contributed by atoms with E-state index in [1.165, 1.54) is 7.11 Å². The average Bonchev–Trinajstić information content (AvgIpc) is 3.06. The van der Waals surface area contributed by atoms with Gasteiger partial charge in [0.2, 0.25) is 5.91 Å². The molecule has 2 aliphatic rings. The summed E-state index contributed by atoms with van der Waals surface area (Å²) in [5.41, 5.74) is 0.919. The molecule has 0 bridgehead atoms. The van der Waals surface area contributed by atoms with Crippen LogP contribution in [-0.2, 0) is 14.3 Å². The minimum absolute atomic E-state index is 0.0310. The number of urea groups is 1. The highest BCUT2D eigenvalue weighted by molar-refractivity contribution is 5.87. The number of amides is 3. The minimum Gasteiger partial charge on any atom is -0.469 e. The van der Waals surface area contributed by atoms with Crippen molar-refractivity contribution in [2.75, 3.05) is 26.7 Å². The summed E-state index contributed by atoms with van der Waals surface area (Å²) >= 11 is 0. The van der Waals surface area contributed by atoms with Crippen molar-refractivity contribution in [3.63, 3.8) is 0 Å². The summed E-state index contributed by atoms with van der Waals surface area (Å²) in [6, 6.07) is 8.80. The second-order valence-corrected chi connectivity index (χ2v) is 6.79. The normalized spacial score (nSPS) is 25.0. The van der Waals surface area contributed by atoms with Crippen LogP contribution < -0.4 is 5.32 Å². The first-order chi connectivity index (χ1) is 12.6. The van der Waals surface area contributed by atoms with Crippen LogP contribution in [0, 0.1) is 5.92 Å². The van der Waals surface area contributed by atoms with Crippen molar-refractivity contribution in [1.82, 2.24) is 15.1 Å². The molecule has 0 saturated carbocycles. The molecule has 0 aliphatic carbocycles. The summed E-state index contributed by atoms with van der Waals surface area (Å²) in [6.45, 7) is 3.02. The first-order valence-electron chi connectivity index (χ1n) is 9.03. The SMILES string of the molecule is CCCNC(=O)N1CC(=O)N2[C@@H](C[C@H](C(=O)OC)[C@@H]2c2ccccc2)C1. The fourth-order valence-corrected chi connectivity index (χ4v) is 3.96. The number of ether oxygens (including phenoxy) is 1. The highest BCUT2D eigenvalue weighted by atomic mass is 16.5. The summed E-state index contributed by atoms with van der Waals surface area (Å²) in [7, 11) is 1.37. The van der Waals surface area contributed by atoms with Crippen LogP contribution in [0.2, 0.25) is 0 Å². The summed E-state index contributed by atoms with van der Waals surface area (Å²) in [5, 5.41) is 2.82. The molecule has 2 saturated heterocycles. The van der Waals surface area contributed by atoms with E-state index in [0.717, 1.165) is 12.0 Å². The number of nitrogens with one attached hydrogen (secondary N) is 1. The number of hydrogen-bond acceptors (Lipinski definition) is 4.